The lowest BCUT2D eigenvalue weighted by molar-refractivity contribution is 0.186. The standard InChI is InChI=1S/C22H17N5O4.CH3NO2/c1-30-22(29)25-21-23-16-8-6-12(10-18(16)24-21)19-9-7-13(31-19)11-17-14-4-2-3-5-15(14)20(28)27-26-17;2-1(3)4/h2-10H,11H2,1H3,(H,27,28)(H2,23,24,25,29);2H2,(H,3,4). The van der Waals surface area contributed by atoms with Gasteiger partial charge < -0.3 is 25.0 Å². The molecule has 6 N–H and O–H groups in total. The van der Waals surface area contributed by atoms with Crippen molar-refractivity contribution < 1.29 is 23.8 Å². The number of ether oxygens (including phenoxy) is 1. The molecule has 5 rings (SSSR count). The molecule has 0 unspecified atom stereocenters. The molecule has 0 saturated heterocycles. The van der Waals surface area contributed by atoms with Crippen molar-refractivity contribution in [2.75, 3.05) is 12.4 Å². The number of imidazole rings is 1. The molecule has 35 heavy (non-hydrogen) atoms. The Bertz CT molecular complexity index is 1580. The normalized spacial score (nSPS) is 10.5. The van der Waals surface area contributed by atoms with Gasteiger partial charge in [0.05, 0.1) is 35.6 Å². The number of aromatic nitrogens is 4. The number of hydrogen-bond acceptors (Lipinski definition) is 7. The van der Waals surface area contributed by atoms with E-state index < -0.39 is 12.2 Å². The van der Waals surface area contributed by atoms with E-state index in [2.05, 4.69) is 36.0 Å². The summed E-state index contributed by atoms with van der Waals surface area (Å²) in [7, 11) is 1.29. The maximum Gasteiger partial charge on any atom is 0.413 e. The fraction of sp³-hybridized carbons (Fsp3) is 0.0870. The molecular weight excluding hydrogens is 456 g/mol. The van der Waals surface area contributed by atoms with Crippen molar-refractivity contribution in [2.45, 2.75) is 6.42 Å². The van der Waals surface area contributed by atoms with Gasteiger partial charge in [0.2, 0.25) is 5.95 Å². The van der Waals surface area contributed by atoms with Crippen molar-refractivity contribution in [3.8, 4) is 11.3 Å². The number of rotatable bonds is 4. The zero-order valence-electron chi connectivity index (χ0n) is 18.4. The number of anilines is 1. The lowest BCUT2D eigenvalue weighted by Crippen LogP contribution is -2.11. The summed E-state index contributed by atoms with van der Waals surface area (Å²) >= 11 is 0. The third kappa shape index (κ3) is 5.27. The molecule has 0 bridgehead atoms. The van der Waals surface area contributed by atoms with E-state index in [4.69, 9.17) is 14.3 Å². The van der Waals surface area contributed by atoms with Gasteiger partial charge in [0.1, 0.15) is 11.5 Å². The van der Waals surface area contributed by atoms with Gasteiger partial charge in [-0.1, -0.05) is 18.2 Å². The number of carbonyl (C=O) groups is 2. The monoisotopic (exact) mass is 476 g/mol. The van der Waals surface area contributed by atoms with Crippen LogP contribution in [0.25, 0.3) is 33.1 Å². The zero-order valence-corrected chi connectivity index (χ0v) is 18.4. The topological polar surface area (TPSA) is 189 Å². The summed E-state index contributed by atoms with van der Waals surface area (Å²) in [5.74, 6) is 1.70. The number of furan rings is 1. The molecule has 0 aliphatic heterocycles. The number of methoxy groups -OCH3 is 1. The van der Waals surface area contributed by atoms with Crippen LogP contribution in [0.1, 0.15) is 11.5 Å². The van der Waals surface area contributed by atoms with E-state index in [1.807, 2.05) is 48.5 Å². The number of nitrogens with one attached hydrogen (secondary N) is 3. The molecule has 0 spiro atoms. The smallest absolute Gasteiger partial charge is 0.413 e. The van der Waals surface area contributed by atoms with Crippen LogP contribution < -0.4 is 16.6 Å². The number of benzene rings is 2. The summed E-state index contributed by atoms with van der Waals surface area (Å²) in [5.41, 5.74) is 6.85. The molecule has 2 amide bonds. The van der Waals surface area contributed by atoms with Crippen LogP contribution in [-0.4, -0.2) is 44.6 Å². The first-order valence-electron chi connectivity index (χ1n) is 10.2. The molecular formula is C23H20N6O6. The van der Waals surface area contributed by atoms with Gasteiger partial charge in [0.15, 0.2) is 0 Å². The third-order valence-electron chi connectivity index (χ3n) is 4.95. The SMILES string of the molecule is COC(=O)Nc1nc2ccc(-c3ccc(Cc4n[nH]c(=O)c5ccccc45)o3)cc2[nH]1.NC(=O)O. The summed E-state index contributed by atoms with van der Waals surface area (Å²) in [5, 5.41) is 17.8. The summed E-state index contributed by atoms with van der Waals surface area (Å²) < 4.78 is 10.6. The van der Waals surface area contributed by atoms with E-state index in [-0.39, 0.29) is 5.56 Å². The quantitative estimate of drug-likeness (QED) is 0.260. The summed E-state index contributed by atoms with van der Waals surface area (Å²) in [4.78, 5) is 39.5. The highest BCUT2D eigenvalue weighted by Gasteiger charge is 2.12. The highest BCUT2D eigenvalue weighted by molar-refractivity contribution is 5.88. The Balaban J connectivity index is 0.000000672. The van der Waals surface area contributed by atoms with Crippen LogP contribution in [0.15, 0.2) is 63.8 Å². The first kappa shape index (κ1) is 23.0. The zero-order chi connectivity index (χ0) is 24.9. The number of hydrogen-bond donors (Lipinski definition) is 5. The second-order valence-electron chi connectivity index (χ2n) is 7.26. The predicted molar refractivity (Wildman–Crippen MR) is 127 cm³/mol. The summed E-state index contributed by atoms with van der Waals surface area (Å²) in [6.07, 6.45) is -1.49. The van der Waals surface area contributed by atoms with E-state index in [9.17, 15) is 9.59 Å². The number of carboxylic acid groups (broad SMARTS) is 1. The van der Waals surface area contributed by atoms with Crippen LogP contribution in [-0.2, 0) is 11.2 Å². The molecule has 0 atom stereocenters. The van der Waals surface area contributed by atoms with Gasteiger partial charge in [-0.25, -0.2) is 19.7 Å². The van der Waals surface area contributed by atoms with E-state index in [0.29, 0.717) is 29.0 Å². The van der Waals surface area contributed by atoms with Gasteiger partial charge in [-0.3, -0.25) is 10.1 Å². The van der Waals surface area contributed by atoms with Crippen molar-refractivity contribution >= 4 is 39.9 Å². The molecule has 3 aromatic heterocycles. The summed E-state index contributed by atoms with van der Waals surface area (Å²) in [6, 6.07) is 16.7. The van der Waals surface area contributed by atoms with E-state index in [1.165, 1.54) is 7.11 Å². The van der Waals surface area contributed by atoms with Gasteiger partial charge in [0.25, 0.3) is 5.56 Å². The van der Waals surface area contributed by atoms with E-state index >= 15 is 0 Å². The van der Waals surface area contributed by atoms with Crippen molar-refractivity contribution in [3.05, 3.63) is 76.4 Å². The minimum atomic E-state index is -1.33. The van der Waals surface area contributed by atoms with Crippen LogP contribution in [0.2, 0.25) is 0 Å². The van der Waals surface area contributed by atoms with Gasteiger partial charge in [-0.2, -0.15) is 5.10 Å². The number of carbonyl (C=O) groups excluding carboxylic acids is 1. The highest BCUT2D eigenvalue weighted by atomic mass is 16.5. The first-order chi connectivity index (χ1) is 16.8. The van der Waals surface area contributed by atoms with E-state index in [1.54, 1.807) is 6.07 Å². The van der Waals surface area contributed by atoms with Crippen molar-refractivity contribution in [2.24, 2.45) is 5.73 Å². The number of amides is 2. The van der Waals surface area contributed by atoms with Gasteiger partial charge >= 0.3 is 12.2 Å². The molecule has 0 fully saturated rings. The number of aromatic amines is 2. The van der Waals surface area contributed by atoms with E-state index in [0.717, 1.165) is 27.9 Å². The molecule has 0 radical (unpaired) electrons. The maximum atomic E-state index is 12.0. The minimum absolute atomic E-state index is 0.214. The molecule has 0 saturated carbocycles. The molecule has 12 heteroatoms. The average molecular weight is 476 g/mol. The number of H-pyrrole nitrogens is 2. The molecule has 3 heterocycles. The van der Waals surface area contributed by atoms with Crippen molar-refractivity contribution in [1.82, 2.24) is 20.2 Å². The number of primary amides is 1. The van der Waals surface area contributed by atoms with Crippen LogP contribution in [0.5, 0.6) is 0 Å². The lowest BCUT2D eigenvalue weighted by atomic mass is 10.1. The lowest BCUT2D eigenvalue weighted by Gasteiger charge is -2.03. The van der Waals surface area contributed by atoms with Crippen molar-refractivity contribution in [1.29, 1.82) is 0 Å². The second kappa shape index (κ2) is 9.79. The predicted octanol–water partition coefficient (Wildman–Crippen LogP) is 3.45. The fourth-order valence-corrected chi connectivity index (χ4v) is 3.47. The Morgan fingerprint density at radius 2 is 1.89 bits per heavy atom. The number of nitrogens with two attached hydrogens (primary N) is 1. The van der Waals surface area contributed by atoms with Crippen molar-refractivity contribution in [3.63, 3.8) is 0 Å². The Hall–Kier alpha value is -5.13. The van der Waals surface area contributed by atoms with Crippen LogP contribution in [0.4, 0.5) is 15.5 Å². The number of nitrogens with zero attached hydrogens (tertiary/aromatic N) is 2. The molecule has 0 aliphatic rings. The largest absolute Gasteiger partial charge is 0.465 e. The fourth-order valence-electron chi connectivity index (χ4n) is 3.47. The van der Waals surface area contributed by atoms with Crippen LogP contribution in [0.3, 0.4) is 0 Å². The Kier molecular flexibility index (Phi) is 6.44. The average Bonchev–Trinajstić information content (AvgIpc) is 3.46. The minimum Gasteiger partial charge on any atom is -0.465 e. The highest BCUT2D eigenvalue weighted by Crippen LogP contribution is 2.27. The molecule has 178 valence electrons. The third-order valence-corrected chi connectivity index (χ3v) is 4.95. The second-order valence-corrected chi connectivity index (χ2v) is 7.26. The maximum absolute atomic E-state index is 12.0. The van der Waals surface area contributed by atoms with Gasteiger partial charge in [-0.05, 0) is 36.4 Å². The molecule has 2 aromatic carbocycles. The molecule has 0 aliphatic carbocycles. The first-order valence-corrected chi connectivity index (χ1v) is 10.2. The Morgan fingerprint density at radius 3 is 2.63 bits per heavy atom. The molecule has 5 aromatic rings. The van der Waals surface area contributed by atoms with Gasteiger partial charge in [0, 0.05) is 10.9 Å². The Labute approximate surface area is 196 Å². The molecule has 12 nitrogen and oxygen atoms in total. The number of fused-ring (bicyclic) bond motifs is 2. The Morgan fingerprint density at radius 1 is 1.14 bits per heavy atom. The van der Waals surface area contributed by atoms with Gasteiger partial charge in [-0.15, -0.1) is 0 Å². The van der Waals surface area contributed by atoms with Crippen LogP contribution >= 0.6 is 0 Å². The summed E-state index contributed by atoms with van der Waals surface area (Å²) in [6.45, 7) is 0. The van der Waals surface area contributed by atoms with Crippen LogP contribution in [0, 0.1) is 0 Å².